The van der Waals surface area contributed by atoms with Crippen molar-refractivity contribution in [3.8, 4) is 5.75 Å². The number of hydrogen-bond donors (Lipinski definition) is 1. The molecule has 0 unspecified atom stereocenters. The van der Waals surface area contributed by atoms with Crippen LogP contribution in [0.3, 0.4) is 0 Å². The molecule has 3 heteroatoms. The average Bonchev–Trinajstić information content (AvgIpc) is 2.50. The Kier molecular flexibility index (Phi) is 5.16. The monoisotopic (exact) mass is 276 g/mol. The summed E-state index contributed by atoms with van der Waals surface area (Å²) in [5.41, 5.74) is 9.65. The van der Waals surface area contributed by atoms with E-state index in [1.807, 2.05) is 0 Å². The Labute approximate surface area is 123 Å². The molecule has 3 nitrogen and oxygen atoms in total. The third-order valence-electron chi connectivity index (χ3n) is 4.53. The minimum absolute atomic E-state index is 0.660. The van der Waals surface area contributed by atoms with Crippen molar-refractivity contribution in [2.75, 3.05) is 30.8 Å². The molecule has 0 bridgehead atoms. The first-order valence-electron chi connectivity index (χ1n) is 7.93. The minimum Gasteiger partial charge on any atom is -0.495 e. The molecule has 0 saturated heterocycles. The van der Waals surface area contributed by atoms with Gasteiger partial charge in [-0.15, -0.1) is 0 Å². The number of hydrogen-bond acceptors (Lipinski definition) is 3. The highest BCUT2D eigenvalue weighted by Crippen LogP contribution is 2.41. The number of anilines is 2. The van der Waals surface area contributed by atoms with Crippen molar-refractivity contribution in [2.24, 2.45) is 0 Å². The summed E-state index contributed by atoms with van der Waals surface area (Å²) >= 11 is 0. The molecule has 1 aliphatic rings. The van der Waals surface area contributed by atoms with E-state index in [0.29, 0.717) is 5.92 Å². The van der Waals surface area contributed by atoms with Gasteiger partial charge in [-0.2, -0.15) is 0 Å². The Bertz CT molecular complexity index is 435. The van der Waals surface area contributed by atoms with E-state index in [0.717, 1.165) is 24.5 Å². The predicted octanol–water partition coefficient (Wildman–Crippen LogP) is 4.17. The van der Waals surface area contributed by atoms with Crippen LogP contribution >= 0.6 is 0 Å². The van der Waals surface area contributed by atoms with Gasteiger partial charge in [0.2, 0.25) is 0 Å². The predicted molar refractivity (Wildman–Crippen MR) is 86.8 cm³/mol. The summed E-state index contributed by atoms with van der Waals surface area (Å²) in [5.74, 6) is 1.46. The highest BCUT2D eigenvalue weighted by molar-refractivity contribution is 5.68. The molecule has 0 aliphatic heterocycles. The van der Waals surface area contributed by atoms with Crippen molar-refractivity contribution >= 4 is 11.4 Å². The summed E-state index contributed by atoms with van der Waals surface area (Å²) in [5, 5.41) is 0. The SMILES string of the molecule is CCN(CC)c1cc(OC)c(N)cc1C1CCCCC1. The zero-order valence-electron chi connectivity index (χ0n) is 13.1. The summed E-state index contributed by atoms with van der Waals surface area (Å²) < 4.78 is 5.42. The van der Waals surface area contributed by atoms with Crippen LogP contribution in [0, 0.1) is 0 Å². The highest BCUT2D eigenvalue weighted by Gasteiger charge is 2.22. The number of nitrogens with zero attached hydrogens (tertiary/aromatic N) is 1. The third kappa shape index (κ3) is 3.02. The summed E-state index contributed by atoms with van der Waals surface area (Å²) in [6, 6.07) is 4.29. The van der Waals surface area contributed by atoms with Crippen molar-refractivity contribution in [1.82, 2.24) is 0 Å². The smallest absolute Gasteiger partial charge is 0.143 e. The van der Waals surface area contributed by atoms with Gasteiger partial charge >= 0.3 is 0 Å². The van der Waals surface area contributed by atoms with Gasteiger partial charge in [0.25, 0.3) is 0 Å². The van der Waals surface area contributed by atoms with Gasteiger partial charge < -0.3 is 15.4 Å². The molecular weight excluding hydrogens is 248 g/mol. The number of methoxy groups -OCH3 is 1. The molecule has 2 rings (SSSR count). The minimum atomic E-state index is 0.660. The van der Waals surface area contributed by atoms with E-state index >= 15 is 0 Å². The zero-order valence-corrected chi connectivity index (χ0v) is 13.1. The molecule has 2 N–H and O–H groups in total. The van der Waals surface area contributed by atoms with Gasteiger partial charge in [-0.3, -0.25) is 0 Å². The van der Waals surface area contributed by atoms with Gasteiger partial charge in [0.1, 0.15) is 5.75 Å². The Balaban J connectivity index is 2.43. The second-order valence-electron chi connectivity index (χ2n) is 5.66. The van der Waals surface area contributed by atoms with Crippen LogP contribution in [0.4, 0.5) is 11.4 Å². The maximum absolute atomic E-state index is 6.15. The molecule has 0 radical (unpaired) electrons. The molecule has 1 aromatic carbocycles. The van der Waals surface area contributed by atoms with Crippen molar-refractivity contribution in [1.29, 1.82) is 0 Å². The van der Waals surface area contributed by atoms with Gasteiger partial charge in [-0.25, -0.2) is 0 Å². The van der Waals surface area contributed by atoms with Gasteiger partial charge in [-0.05, 0) is 44.2 Å². The Hall–Kier alpha value is -1.38. The Morgan fingerprint density at radius 3 is 2.35 bits per heavy atom. The van der Waals surface area contributed by atoms with Crippen molar-refractivity contribution < 1.29 is 4.74 Å². The Morgan fingerprint density at radius 2 is 1.80 bits per heavy atom. The van der Waals surface area contributed by atoms with Gasteiger partial charge in [0.05, 0.1) is 12.8 Å². The molecule has 20 heavy (non-hydrogen) atoms. The quantitative estimate of drug-likeness (QED) is 0.820. The molecular formula is C17H28N2O. The first-order valence-corrected chi connectivity index (χ1v) is 7.93. The zero-order chi connectivity index (χ0) is 14.5. The molecule has 1 aliphatic carbocycles. The van der Waals surface area contributed by atoms with E-state index in [1.54, 1.807) is 7.11 Å². The van der Waals surface area contributed by atoms with Crippen LogP contribution in [0.5, 0.6) is 5.75 Å². The van der Waals surface area contributed by atoms with Crippen LogP contribution in [0.1, 0.15) is 57.4 Å². The highest BCUT2D eigenvalue weighted by atomic mass is 16.5. The standard InChI is InChI=1S/C17H28N2O/c1-4-19(5-2)16-12-17(20-3)15(18)11-14(16)13-9-7-6-8-10-13/h11-13H,4-10,18H2,1-3H3. The molecule has 0 aromatic heterocycles. The van der Waals surface area contributed by atoms with Crippen molar-refractivity contribution in [2.45, 2.75) is 51.9 Å². The van der Waals surface area contributed by atoms with Crippen molar-refractivity contribution in [3.05, 3.63) is 17.7 Å². The third-order valence-corrected chi connectivity index (χ3v) is 4.53. The first-order chi connectivity index (χ1) is 9.71. The van der Waals surface area contributed by atoms with Crippen molar-refractivity contribution in [3.63, 3.8) is 0 Å². The van der Waals surface area contributed by atoms with E-state index in [9.17, 15) is 0 Å². The van der Waals surface area contributed by atoms with Gasteiger partial charge in [0, 0.05) is 24.8 Å². The maximum atomic E-state index is 6.15. The maximum Gasteiger partial charge on any atom is 0.143 e. The van der Waals surface area contributed by atoms with Crippen LogP contribution in [0.15, 0.2) is 12.1 Å². The number of benzene rings is 1. The van der Waals surface area contributed by atoms with Crippen LogP contribution in [-0.4, -0.2) is 20.2 Å². The van der Waals surface area contributed by atoms with E-state index in [1.165, 1.54) is 43.4 Å². The van der Waals surface area contributed by atoms with Crippen LogP contribution in [0.25, 0.3) is 0 Å². The largest absolute Gasteiger partial charge is 0.495 e. The molecule has 0 spiro atoms. The average molecular weight is 276 g/mol. The lowest BCUT2D eigenvalue weighted by molar-refractivity contribution is 0.415. The van der Waals surface area contributed by atoms with E-state index in [4.69, 9.17) is 10.5 Å². The topological polar surface area (TPSA) is 38.5 Å². The molecule has 1 fully saturated rings. The molecule has 0 heterocycles. The lowest BCUT2D eigenvalue weighted by Crippen LogP contribution is -2.24. The number of ether oxygens (including phenoxy) is 1. The summed E-state index contributed by atoms with van der Waals surface area (Å²) in [6.07, 6.45) is 6.64. The number of rotatable bonds is 5. The summed E-state index contributed by atoms with van der Waals surface area (Å²) in [6.45, 7) is 6.44. The summed E-state index contributed by atoms with van der Waals surface area (Å²) in [7, 11) is 1.69. The van der Waals surface area contributed by atoms with Crippen LogP contribution in [0.2, 0.25) is 0 Å². The molecule has 0 amide bonds. The second kappa shape index (κ2) is 6.87. The van der Waals surface area contributed by atoms with Gasteiger partial charge in [0.15, 0.2) is 0 Å². The van der Waals surface area contributed by atoms with Crippen LogP contribution in [-0.2, 0) is 0 Å². The normalized spacial score (nSPS) is 16.1. The first kappa shape index (κ1) is 15.0. The molecule has 112 valence electrons. The number of nitrogens with two attached hydrogens (primary N) is 1. The molecule has 1 saturated carbocycles. The van der Waals surface area contributed by atoms with E-state index in [-0.39, 0.29) is 0 Å². The van der Waals surface area contributed by atoms with Crippen LogP contribution < -0.4 is 15.4 Å². The van der Waals surface area contributed by atoms with Gasteiger partial charge in [-0.1, -0.05) is 19.3 Å². The lowest BCUT2D eigenvalue weighted by atomic mass is 9.83. The number of nitrogen functional groups attached to an aromatic ring is 1. The molecule has 1 aromatic rings. The molecule has 0 atom stereocenters. The fraction of sp³-hybridized carbons (Fsp3) is 0.647. The lowest BCUT2D eigenvalue weighted by Gasteiger charge is -2.30. The summed E-state index contributed by atoms with van der Waals surface area (Å²) in [4.78, 5) is 2.41. The second-order valence-corrected chi connectivity index (χ2v) is 5.66. The fourth-order valence-electron chi connectivity index (χ4n) is 3.36. The fourth-order valence-corrected chi connectivity index (χ4v) is 3.36. The van der Waals surface area contributed by atoms with E-state index in [2.05, 4.69) is 30.9 Å². The van der Waals surface area contributed by atoms with E-state index < -0.39 is 0 Å². The Morgan fingerprint density at radius 1 is 1.15 bits per heavy atom.